The van der Waals surface area contributed by atoms with E-state index in [0.717, 1.165) is 37.7 Å². The molecular formula is C24H37N5O3. The van der Waals surface area contributed by atoms with Crippen molar-refractivity contribution in [2.45, 2.75) is 71.1 Å². The van der Waals surface area contributed by atoms with Gasteiger partial charge in [-0.3, -0.25) is 9.59 Å². The van der Waals surface area contributed by atoms with E-state index in [0.29, 0.717) is 26.1 Å². The van der Waals surface area contributed by atoms with Crippen LogP contribution in [0, 0.1) is 0 Å². The van der Waals surface area contributed by atoms with Gasteiger partial charge in [0, 0.05) is 20.1 Å². The summed E-state index contributed by atoms with van der Waals surface area (Å²) in [6.07, 6.45) is 5.21. The number of rotatable bonds is 9. The number of nitrogens with one attached hydrogen (secondary N) is 1. The first-order valence-corrected chi connectivity index (χ1v) is 11.9. The normalized spacial score (nSPS) is 21.7. The van der Waals surface area contributed by atoms with E-state index in [1.807, 2.05) is 42.2 Å². The first kappa shape index (κ1) is 24.0. The molecule has 1 aromatic carbocycles. The van der Waals surface area contributed by atoms with Crippen LogP contribution in [0.15, 0.2) is 30.3 Å². The van der Waals surface area contributed by atoms with Crippen LogP contribution in [-0.4, -0.2) is 76.6 Å². The summed E-state index contributed by atoms with van der Waals surface area (Å²) in [7, 11) is 1.76. The quantitative estimate of drug-likeness (QED) is 0.596. The minimum absolute atomic E-state index is 0.0159. The van der Waals surface area contributed by atoms with E-state index >= 15 is 0 Å². The molecular weight excluding hydrogens is 406 g/mol. The number of fused-ring (bicyclic) bond motifs is 1. The molecule has 4 amide bonds. The van der Waals surface area contributed by atoms with Gasteiger partial charge in [0.2, 0.25) is 11.8 Å². The maximum absolute atomic E-state index is 13.2. The van der Waals surface area contributed by atoms with Crippen LogP contribution in [0.1, 0.15) is 57.9 Å². The summed E-state index contributed by atoms with van der Waals surface area (Å²) >= 11 is 0. The minimum atomic E-state index is -0.504. The molecule has 0 unspecified atom stereocenters. The Morgan fingerprint density at radius 3 is 2.50 bits per heavy atom. The van der Waals surface area contributed by atoms with E-state index in [1.165, 1.54) is 0 Å². The lowest BCUT2D eigenvalue weighted by Gasteiger charge is -2.54. The topological polar surface area (TPSA) is 76.2 Å². The molecule has 0 aromatic heterocycles. The fourth-order valence-electron chi connectivity index (χ4n) is 4.64. The van der Waals surface area contributed by atoms with Crippen LogP contribution in [0.25, 0.3) is 0 Å². The minimum Gasteiger partial charge on any atom is -0.337 e. The Bertz CT molecular complexity index is 787. The fourth-order valence-corrected chi connectivity index (χ4v) is 4.64. The van der Waals surface area contributed by atoms with Crippen molar-refractivity contribution in [1.29, 1.82) is 0 Å². The van der Waals surface area contributed by atoms with Gasteiger partial charge in [-0.25, -0.2) is 14.8 Å². The lowest BCUT2D eigenvalue weighted by molar-refractivity contribution is -0.187. The van der Waals surface area contributed by atoms with E-state index in [1.54, 1.807) is 22.0 Å². The van der Waals surface area contributed by atoms with Crippen LogP contribution >= 0.6 is 0 Å². The highest BCUT2D eigenvalue weighted by molar-refractivity contribution is 5.91. The first-order chi connectivity index (χ1) is 15.5. The maximum atomic E-state index is 13.2. The molecule has 2 aliphatic rings. The Kier molecular flexibility index (Phi) is 8.50. The van der Waals surface area contributed by atoms with Crippen molar-refractivity contribution in [3.63, 3.8) is 0 Å². The average molecular weight is 444 g/mol. The average Bonchev–Trinajstić information content (AvgIpc) is 2.78. The van der Waals surface area contributed by atoms with Crippen molar-refractivity contribution >= 4 is 17.8 Å². The molecule has 0 bridgehead atoms. The molecule has 0 aliphatic carbocycles. The second kappa shape index (κ2) is 11.3. The van der Waals surface area contributed by atoms with Crippen LogP contribution in [0.4, 0.5) is 4.79 Å². The maximum Gasteiger partial charge on any atom is 0.334 e. The van der Waals surface area contributed by atoms with Gasteiger partial charge in [0.15, 0.2) is 0 Å². The zero-order valence-electron chi connectivity index (χ0n) is 19.6. The third kappa shape index (κ3) is 5.41. The standard InChI is InChI=1S/C24H37N5O3/c1-4-6-7-11-15-27-17-21-28(20(12-5-2)23(27)31)22(30)18-26(3)29(21)24(32)25-16-19-13-9-8-10-14-19/h8-10,13-14,20-21H,4-7,11-12,15-18H2,1-3H3,(H,25,32)/t20-,21-/m0/s1. The van der Waals surface area contributed by atoms with Crippen molar-refractivity contribution in [2.75, 3.05) is 26.7 Å². The third-order valence-electron chi connectivity index (χ3n) is 6.28. The van der Waals surface area contributed by atoms with Crippen LogP contribution in [0.3, 0.4) is 0 Å². The molecule has 2 saturated heterocycles. The number of urea groups is 1. The molecule has 2 heterocycles. The van der Waals surface area contributed by atoms with Crippen LogP contribution < -0.4 is 5.32 Å². The molecule has 0 saturated carbocycles. The summed E-state index contributed by atoms with van der Waals surface area (Å²) in [4.78, 5) is 43.0. The van der Waals surface area contributed by atoms with Gasteiger partial charge in [-0.15, -0.1) is 0 Å². The van der Waals surface area contributed by atoms with Gasteiger partial charge in [0.05, 0.1) is 13.1 Å². The van der Waals surface area contributed by atoms with Crippen LogP contribution in [0.5, 0.6) is 0 Å². The van der Waals surface area contributed by atoms with E-state index in [2.05, 4.69) is 12.2 Å². The highest BCUT2D eigenvalue weighted by atomic mass is 16.2. The number of piperazine rings is 1. The number of hydrogen-bond acceptors (Lipinski definition) is 4. The lowest BCUT2D eigenvalue weighted by atomic mass is 10.0. The molecule has 0 spiro atoms. The Hall–Kier alpha value is -2.61. The van der Waals surface area contributed by atoms with Crippen molar-refractivity contribution in [2.24, 2.45) is 0 Å². The number of hydrazine groups is 1. The number of carbonyl (C=O) groups is 3. The molecule has 3 rings (SSSR count). The number of carbonyl (C=O) groups excluding carboxylic acids is 3. The molecule has 2 atom stereocenters. The van der Waals surface area contributed by atoms with Crippen molar-refractivity contribution in [1.82, 2.24) is 25.1 Å². The molecule has 8 heteroatoms. The molecule has 2 aliphatic heterocycles. The van der Waals surface area contributed by atoms with E-state index in [-0.39, 0.29) is 24.4 Å². The van der Waals surface area contributed by atoms with Gasteiger partial charge in [0.25, 0.3) is 0 Å². The number of amides is 4. The molecule has 0 radical (unpaired) electrons. The van der Waals surface area contributed by atoms with Crippen LogP contribution in [0.2, 0.25) is 0 Å². The summed E-state index contributed by atoms with van der Waals surface area (Å²) in [5, 5.41) is 6.29. The predicted molar refractivity (Wildman–Crippen MR) is 123 cm³/mol. The van der Waals surface area contributed by atoms with E-state index < -0.39 is 12.2 Å². The third-order valence-corrected chi connectivity index (χ3v) is 6.28. The van der Waals surface area contributed by atoms with Gasteiger partial charge in [-0.2, -0.15) is 0 Å². The highest BCUT2D eigenvalue weighted by Gasteiger charge is 2.50. The van der Waals surface area contributed by atoms with Gasteiger partial charge in [-0.1, -0.05) is 69.9 Å². The molecule has 176 valence electrons. The second-order valence-corrected chi connectivity index (χ2v) is 8.74. The fraction of sp³-hybridized carbons (Fsp3) is 0.625. The molecule has 1 aromatic rings. The second-order valence-electron chi connectivity index (χ2n) is 8.74. The van der Waals surface area contributed by atoms with Crippen LogP contribution in [-0.2, 0) is 16.1 Å². The van der Waals surface area contributed by atoms with Gasteiger partial charge in [-0.05, 0) is 18.4 Å². The monoisotopic (exact) mass is 443 g/mol. The molecule has 8 nitrogen and oxygen atoms in total. The number of likely N-dealkylation sites (N-methyl/N-ethyl adjacent to an activating group) is 1. The number of nitrogens with zero attached hydrogens (tertiary/aromatic N) is 4. The van der Waals surface area contributed by atoms with Crippen molar-refractivity contribution in [3.8, 4) is 0 Å². The Balaban J connectivity index is 1.78. The lowest BCUT2D eigenvalue weighted by Crippen LogP contribution is -2.75. The number of hydrogen-bond donors (Lipinski definition) is 1. The Morgan fingerprint density at radius 1 is 1.06 bits per heavy atom. The highest BCUT2D eigenvalue weighted by Crippen LogP contribution is 2.28. The Labute approximate surface area is 191 Å². The van der Waals surface area contributed by atoms with Gasteiger partial charge < -0.3 is 15.1 Å². The first-order valence-electron chi connectivity index (χ1n) is 11.9. The van der Waals surface area contributed by atoms with E-state index in [4.69, 9.17) is 0 Å². The SMILES string of the molecule is CCCCCCN1C[C@H]2N(C(=O)CN(C)N2C(=O)NCc2ccccc2)[C@@H](CCC)C1=O. The summed E-state index contributed by atoms with van der Waals surface area (Å²) in [5.74, 6) is -0.0795. The Morgan fingerprint density at radius 2 is 1.81 bits per heavy atom. The summed E-state index contributed by atoms with van der Waals surface area (Å²) in [6, 6.07) is 8.98. The largest absolute Gasteiger partial charge is 0.337 e. The molecule has 2 fully saturated rings. The number of benzene rings is 1. The van der Waals surface area contributed by atoms with E-state index in [9.17, 15) is 14.4 Å². The molecule has 32 heavy (non-hydrogen) atoms. The summed E-state index contributed by atoms with van der Waals surface area (Å²) in [5.41, 5.74) is 1.01. The van der Waals surface area contributed by atoms with Crippen molar-refractivity contribution in [3.05, 3.63) is 35.9 Å². The summed E-state index contributed by atoms with van der Waals surface area (Å²) in [6.45, 7) is 5.69. The summed E-state index contributed by atoms with van der Waals surface area (Å²) < 4.78 is 0. The van der Waals surface area contributed by atoms with Gasteiger partial charge >= 0.3 is 6.03 Å². The van der Waals surface area contributed by atoms with Gasteiger partial charge in [0.1, 0.15) is 12.2 Å². The smallest absolute Gasteiger partial charge is 0.334 e. The zero-order valence-corrected chi connectivity index (χ0v) is 19.6. The zero-order chi connectivity index (χ0) is 23.1. The number of unbranched alkanes of at least 4 members (excludes halogenated alkanes) is 3. The predicted octanol–water partition coefficient (Wildman–Crippen LogP) is 2.80. The molecule has 1 N–H and O–H groups in total. The van der Waals surface area contributed by atoms with Crippen molar-refractivity contribution < 1.29 is 14.4 Å².